The first kappa shape index (κ1) is 11.9. The number of aliphatic hydroxyl groups is 2. The second kappa shape index (κ2) is 4.72. The average Bonchev–Trinajstić information content (AvgIpc) is 2.71. The van der Waals surface area contributed by atoms with Crippen molar-refractivity contribution in [3.63, 3.8) is 0 Å². The van der Waals surface area contributed by atoms with Gasteiger partial charge in [-0.1, -0.05) is 37.6 Å². The summed E-state index contributed by atoms with van der Waals surface area (Å²) in [7, 11) is 0. The highest BCUT2D eigenvalue weighted by molar-refractivity contribution is 5.24. The molecule has 0 aromatic carbocycles. The molecule has 4 atom stereocenters. The quantitative estimate of drug-likeness (QED) is 0.717. The van der Waals surface area contributed by atoms with Crippen molar-refractivity contribution in [1.82, 2.24) is 0 Å². The SMILES string of the molecule is CCC[C@@H](O)/C=C/C12C=CCC1CC(O)C2. The Hall–Kier alpha value is -0.600. The Bertz CT molecular complexity index is 295. The summed E-state index contributed by atoms with van der Waals surface area (Å²) in [5, 5.41) is 19.5. The van der Waals surface area contributed by atoms with Crippen molar-refractivity contribution in [2.75, 3.05) is 0 Å². The molecule has 1 fully saturated rings. The van der Waals surface area contributed by atoms with Gasteiger partial charge >= 0.3 is 0 Å². The van der Waals surface area contributed by atoms with E-state index in [-0.39, 0.29) is 17.6 Å². The van der Waals surface area contributed by atoms with Crippen molar-refractivity contribution in [2.24, 2.45) is 11.3 Å². The molecule has 2 aliphatic carbocycles. The van der Waals surface area contributed by atoms with Crippen LogP contribution in [0.25, 0.3) is 0 Å². The third-order valence-corrected chi connectivity index (χ3v) is 3.97. The first-order valence-corrected chi connectivity index (χ1v) is 6.39. The number of hydrogen-bond donors (Lipinski definition) is 2. The summed E-state index contributed by atoms with van der Waals surface area (Å²) in [5.74, 6) is 0.549. The van der Waals surface area contributed by atoms with Crippen molar-refractivity contribution < 1.29 is 10.2 Å². The Morgan fingerprint density at radius 2 is 2.38 bits per heavy atom. The van der Waals surface area contributed by atoms with Crippen LogP contribution in [0.2, 0.25) is 0 Å². The molecule has 2 heteroatoms. The van der Waals surface area contributed by atoms with Gasteiger partial charge in [-0.05, 0) is 31.6 Å². The van der Waals surface area contributed by atoms with Crippen LogP contribution in [0.3, 0.4) is 0 Å². The molecule has 0 bridgehead atoms. The molecule has 2 aliphatic rings. The predicted molar refractivity (Wildman–Crippen MR) is 65.0 cm³/mol. The molecule has 0 aromatic rings. The minimum absolute atomic E-state index is 0.0359. The van der Waals surface area contributed by atoms with Crippen molar-refractivity contribution in [3.05, 3.63) is 24.3 Å². The maximum atomic E-state index is 9.74. The molecule has 2 nitrogen and oxygen atoms in total. The maximum Gasteiger partial charge on any atom is 0.0721 e. The molecule has 0 amide bonds. The highest BCUT2D eigenvalue weighted by Gasteiger charge is 2.45. The lowest BCUT2D eigenvalue weighted by Gasteiger charge is -2.24. The van der Waals surface area contributed by atoms with Crippen LogP contribution in [0.15, 0.2) is 24.3 Å². The van der Waals surface area contributed by atoms with Crippen molar-refractivity contribution in [1.29, 1.82) is 0 Å². The lowest BCUT2D eigenvalue weighted by molar-refractivity contribution is 0.173. The number of hydrogen-bond acceptors (Lipinski definition) is 2. The lowest BCUT2D eigenvalue weighted by atomic mass is 9.80. The molecule has 2 rings (SSSR count). The molecule has 0 aliphatic heterocycles. The van der Waals surface area contributed by atoms with Gasteiger partial charge in [0.1, 0.15) is 0 Å². The van der Waals surface area contributed by atoms with E-state index in [2.05, 4.69) is 25.2 Å². The molecule has 0 heterocycles. The Morgan fingerprint density at radius 1 is 1.56 bits per heavy atom. The number of allylic oxidation sites excluding steroid dienone is 3. The first-order valence-electron chi connectivity index (χ1n) is 6.39. The molecular weight excluding hydrogens is 200 g/mol. The van der Waals surface area contributed by atoms with Crippen LogP contribution >= 0.6 is 0 Å². The topological polar surface area (TPSA) is 40.5 Å². The van der Waals surface area contributed by atoms with Crippen molar-refractivity contribution >= 4 is 0 Å². The molecule has 2 N–H and O–H groups in total. The van der Waals surface area contributed by atoms with Crippen LogP contribution < -0.4 is 0 Å². The van der Waals surface area contributed by atoms with Crippen LogP contribution in [-0.4, -0.2) is 22.4 Å². The molecule has 0 radical (unpaired) electrons. The fraction of sp³-hybridized carbons (Fsp3) is 0.714. The third kappa shape index (κ3) is 2.23. The van der Waals surface area contributed by atoms with Crippen molar-refractivity contribution in [3.8, 4) is 0 Å². The molecule has 0 aromatic heterocycles. The molecule has 1 saturated carbocycles. The Labute approximate surface area is 97.7 Å². The summed E-state index contributed by atoms with van der Waals surface area (Å²) in [6.07, 6.45) is 12.6. The van der Waals surface area contributed by atoms with Crippen LogP contribution in [0.5, 0.6) is 0 Å². The molecule has 90 valence electrons. The zero-order chi connectivity index (χ0) is 11.6. The van der Waals surface area contributed by atoms with Gasteiger partial charge in [0.15, 0.2) is 0 Å². The molecule has 16 heavy (non-hydrogen) atoms. The zero-order valence-electron chi connectivity index (χ0n) is 9.97. The van der Waals surface area contributed by atoms with Gasteiger partial charge in [0.25, 0.3) is 0 Å². The van der Waals surface area contributed by atoms with Gasteiger partial charge in [-0.2, -0.15) is 0 Å². The van der Waals surface area contributed by atoms with Gasteiger partial charge in [-0.25, -0.2) is 0 Å². The van der Waals surface area contributed by atoms with Gasteiger partial charge in [-0.3, -0.25) is 0 Å². The summed E-state index contributed by atoms with van der Waals surface area (Å²) in [4.78, 5) is 0. The zero-order valence-corrected chi connectivity index (χ0v) is 9.97. The molecule has 0 saturated heterocycles. The average molecular weight is 222 g/mol. The summed E-state index contributed by atoms with van der Waals surface area (Å²) < 4.78 is 0. The van der Waals surface area contributed by atoms with E-state index >= 15 is 0 Å². The predicted octanol–water partition coefficient (Wildman–Crippen LogP) is 2.42. The van der Waals surface area contributed by atoms with Gasteiger partial charge in [0.2, 0.25) is 0 Å². The minimum Gasteiger partial charge on any atom is -0.393 e. The van der Waals surface area contributed by atoms with Crippen LogP contribution in [-0.2, 0) is 0 Å². The van der Waals surface area contributed by atoms with E-state index in [1.54, 1.807) is 0 Å². The maximum absolute atomic E-state index is 9.74. The Morgan fingerprint density at radius 3 is 3.12 bits per heavy atom. The normalized spacial score (nSPS) is 39.4. The van der Waals surface area contributed by atoms with Gasteiger partial charge in [0.05, 0.1) is 12.2 Å². The lowest BCUT2D eigenvalue weighted by Crippen LogP contribution is -2.17. The van der Waals surface area contributed by atoms with Crippen LogP contribution in [0.1, 0.15) is 39.0 Å². The van der Waals surface area contributed by atoms with E-state index in [1.807, 2.05) is 6.08 Å². The smallest absolute Gasteiger partial charge is 0.0721 e. The second-order valence-electron chi connectivity index (χ2n) is 5.26. The number of fused-ring (bicyclic) bond motifs is 1. The fourth-order valence-corrected chi connectivity index (χ4v) is 3.12. The molecular formula is C14H22O2. The van der Waals surface area contributed by atoms with Crippen LogP contribution in [0.4, 0.5) is 0 Å². The first-order chi connectivity index (χ1) is 7.66. The standard InChI is InChI=1S/C14H22O2/c1-2-4-12(15)6-8-14-7-3-5-11(14)9-13(16)10-14/h3,6-8,11-13,15-16H,2,4-5,9-10H2,1H3/b8-6+/t11?,12-,13?,14?/m1/s1. The van der Waals surface area contributed by atoms with Gasteiger partial charge < -0.3 is 10.2 Å². The van der Waals surface area contributed by atoms with E-state index in [1.165, 1.54) is 0 Å². The fourth-order valence-electron chi connectivity index (χ4n) is 3.12. The minimum atomic E-state index is -0.327. The van der Waals surface area contributed by atoms with Gasteiger partial charge in [-0.15, -0.1) is 0 Å². The summed E-state index contributed by atoms with van der Waals surface area (Å²) in [6.45, 7) is 2.08. The van der Waals surface area contributed by atoms with Gasteiger partial charge in [0, 0.05) is 5.41 Å². The number of aliphatic hydroxyl groups excluding tert-OH is 2. The van der Waals surface area contributed by atoms with E-state index in [0.29, 0.717) is 5.92 Å². The summed E-state index contributed by atoms with van der Waals surface area (Å²) >= 11 is 0. The third-order valence-electron chi connectivity index (χ3n) is 3.97. The monoisotopic (exact) mass is 222 g/mol. The summed E-state index contributed by atoms with van der Waals surface area (Å²) in [6, 6.07) is 0. The summed E-state index contributed by atoms with van der Waals surface area (Å²) in [5.41, 5.74) is 0.0359. The van der Waals surface area contributed by atoms with E-state index in [0.717, 1.165) is 32.1 Å². The van der Waals surface area contributed by atoms with E-state index < -0.39 is 0 Å². The van der Waals surface area contributed by atoms with Crippen LogP contribution in [0, 0.1) is 11.3 Å². The van der Waals surface area contributed by atoms with E-state index in [4.69, 9.17) is 0 Å². The van der Waals surface area contributed by atoms with E-state index in [9.17, 15) is 10.2 Å². The Kier molecular flexibility index (Phi) is 3.50. The highest BCUT2D eigenvalue weighted by Crippen LogP contribution is 2.51. The number of rotatable bonds is 4. The Balaban J connectivity index is 2.04. The molecule has 0 spiro atoms. The largest absolute Gasteiger partial charge is 0.393 e. The second-order valence-corrected chi connectivity index (χ2v) is 5.26. The highest BCUT2D eigenvalue weighted by atomic mass is 16.3. The molecule has 3 unspecified atom stereocenters. The van der Waals surface area contributed by atoms with Crippen molar-refractivity contribution in [2.45, 2.75) is 51.2 Å².